The van der Waals surface area contributed by atoms with Gasteiger partial charge in [-0.15, -0.1) is 0 Å². The molecule has 1 atom stereocenters. The minimum absolute atomic E-state index is 0.247. The number of amides is 1. The zero-order valence-electron chi connectivity index (χ0n) is 13.4. The van der Waals surface area contributed by atoms with Gasteiger partial charge in [-0.3, -0.25) is 4.79 Å². The summed E-state index contributed by atoms with van der Waals surface area (Å²) in [6.45, 7) is 0. The number of benzene rings is 2. The number of hydrogen-bond acceptors (Lipinski definition) is 4. The van der Waals surface area contributed by atoms with Gasteiger partial charge < -0.3 is 14.8 Å². The van der Waals surface area contributed by atoms with Gasteiger partial charge in [-0.2, -0.15) is 0 Å². The summed E-state index contributed by atoms with van der Waals surface area (Å²) in [5.41, 5.74) is 1.07. The van der Waals surface area contributed by atoms with E-state index in [9.17, 15) is 14.0 Å². The number of ether oxygens (including phenoxy) is 2. The van der Waals surface area contributed by atoms with E-state index in [4.69, 9.17) is 9.47 Å². The molecule has 0 saturated carbocycles. The maximum Gasteiger partial charge on any atom is 0.328 e. The molecule has 0 aromatic heterocycles. The van der Waals surface area contributed by atoms with Gasteiger partial charge in [0.2, 0.25) is 0 Å². The van der Waals surface area contributed by atoms with Crippen LogP contribution in [0.1, 0.15) is 15.9 Å². The second-order valence-corrected chi connectivity index (χ2v) is 5.11. The van der Waals surface area contributed by atoms with Crippen molar-refractivity contribution >= 4 is 11.9 Å². The quantitative estimate of drug-likeness (QED) is 0.825. The van der Waals surface area contributed by atoms with Gasteiger partial charge in [0.15, 0.2) is 0 Å². The van der Waals surface area contributed by atoms with E-state index in [-0.39, 0.29) is 12.0 Å². The lowest BCUT2D eigenvalue weighted by molar-refractivity contribution is -0.142. The summed E-state index contributed by atoms with van der Waals surface area (Å²) in [5, 5.41) is 2.61. The second-order valence-electron chi connectivity index (χ2n) is 5.11. The van der Waals surface area contributed by atoms with Crippen molar-refractivity contribution in [3.05, 3.63) is 65.5 Å². The molecule has 0 fully saturated rings. The molecule has 0 unspecified atom stereocenters. The van der Waals surface area contributed by atoms with Gasteiger partial charge in [0.05, 0.1) is 14.2 Å². The molecule has 126 valence electrons. The van der Waals surface area contributed by atoms with E-state index in [1.807, 2.05) is 6.07 Å². The number of rotatable bonds is 6. The minimum atomic E-state index is -0.861. The van der Waals surface area contributed by atoms with Crippen LogP contribution in [0.3, 0.4) is 0 Å². The Balaban J connectivity index is 2.14. The highest BCUT2D eigenvalue weighted by atomic mass is 19.1. The Hall–Kier alpha value is -2.89. The molecule has 0 spiro atoms. The second kappa shape index (κ2) is 8.10. The molecule has 1 N–H and O–H groups in total. The average molecular weight is 331 g/mol. The number of carbonyl (C=O) groups is 2. The van der Waals surface area contributed by atoms with Gasteiger partial charge in [-0.05, 0) is 42.0 Å². The Bertz CT molecular complexity index is 715. The number of halogens is 1. The lowest BCUT2D eigenvalue weighted by atomic mass is 10.0. The molecule has 0 saturated heterocycles. The Morgan fingerprint density at radius 2 is 1.83 bits per heavy atom. The van der Waals surface area contributed by atoms with Crippen molar-refractivity contribution in [1.29, 1.82) is 0 Å². The predicted octanol–water partition coefficient (Wildman–Crippen LogP) is 2.35. The van der Waals surface area contributed by atoms with E-state index in [1.165, 1.54) is 31.4 Å². The van der Waals surface area contributed by atoms with E-state index in [0.717, 1.165) is 5.56 Å². The molecule has 0 aliphatic rings. The van der Waals surface area contributed by atoms with Crippen LogP contribution >= 0.6 is 0 Å². The van der Waals surface area contributed by atoms with Crippen LogP contribution in [-0.2, 0) is 16.0 Å². The standard InChI is InChI=1S/C18H18FNO4/c1-23-15-5-3-4-12(10-15)11-16(18(22)24-2)20-17(21)13-6-8-14(19)9-7-13/h3-10,16H,11H2,1-2H3,(H,20,21)/t16-/m0/s1. The van der Waals surface area contributed by atoms with Crippen molar-refractivity contribution in [2.75, 3.05) is 14.2 Å². The van der Waals surface area contributed by atoms with Gasteiger partial charge in [-0.1, -0.05) is 12.1 Å². The number of carbonyl (C=O) groups excluding carboxylic acids is 2. The van der Waals surface area contributed by atoms with Crippen molar-refractivity contribution in [1.82, 2.24) is 5.32 Å². The van der Waals surface area contributed by atoms with E-state index in [0.29, 0.717) is 5.75 Å². The Morgan fingerprint density at radius 3 is 2.46 bits per heavy atom. The highest BCUT2D eigenvalue weighted by Gasteiger charge is 2.22. The van der Waals surface area contributed by atoms with Gasteiger partial charge in [0.1, 0.15) is 17.6 Å². The molecular weight excluding hydrogens is 313 g/mol. The number of methoxy groups -OCH3 is 2. The van der Waals surface area contributed by atoms with Crippen molar-refractivity contribution < 1.29 is 23.5 Å². The lowest BCUT2D eigenvalue weighted by Gasteiger charge is -2.17. The largest absolute Gasteiger partial charge is 0.497 e. The van der Waals surface area contributed by atoms with Crippen LogP contribution in [0.5, 0.6) is 5.75 Å². The van der Waals surface area contributed by atoms with Gasteiger partial charge in [0.25, 0.3) is 5.91 Å². The summed E-state index contributed by atoms with van der Waals surface area (Å²) >= 11 is 0. The molecule has 1 amide bonds. The fraction of sp³-hybridized carbons (Fsp3) is 0.222. The molecule has 0 bridgehead atoms. The number of esters is 1. The smallest absolute Gasteiger partial charge is 0.328 e. The fourth-order valence-electron chi connectivity index (χ4n) is 2.21. The highest BCUT2D eigenvalue weighted by Crippen LogP contribution is 2.15. The zero-order valence-corrected chi connectivity index (χ0v) is 13.4. The van der Waals surface area contributed by atoms with Crippen LogP contribution in [-0.4, -0.2) is 32.1 Å². The summed E-state index contributed by atoms with van der Waals surface area (Å²) in [5.74, 6) is -0.824. The molecule has 2 aromatic carbocycles. The van der Waals surface area contributed by atoms with E-state index in [1.54, 1.807) is 25.3 Å². The van der Waals surface area contributed by atoms with Crippen LogP contribution in [0, 0.1) is 5.82 Å². The Kier molecular flexibility index (Phi) is 5.89. The van der Waals surface area contributed by atoms with E-state index < -0.39 is 23.7 Å². The van der Waals surface area contributed by atoms with Gasteiger partial charge in [-0.25, -0.2) is 9.18 Å². The van der Waals surface area contributed by atoms with Crippen molar-refractivity contribution in [3.8, 4) is 5.75 Å². The van der Waals surface area contributed by atoms with Crippen molar-refractivity contribution in [2.45, 2.75) is 12.5 Å². The third-order valence-corrected chi connectivity index (χ3v) is 3.47. The predicted molar refractivity (Wildman–Crippen MR) is 86.4 cm³/mol. The molecule has 0 aliphatic heterocycles. The molecular formula is C18H18FNO4. The van der Waals surface area contributed by atoms with Crippen LogP contribution in [0.15, 0.2) is 48.5 Å². The van der Waals surface area contributed by atoms with Gasteiger partial charge in [0, 0.05) is 12.0 Å². The summed E-state index contributed by atoms with van der Waals surface area (Å²) in [6.07, 6.45) is 0.247. The molecule has 0 aliphatic carbocycles. The van der Waals surface area contributed by atoms with Crippen LogP contribution in [0.25, 0.3) is 0 Å². The average Bonchev–Trinajstić information content (AvgIpc) is 2.61. The molecule has 24 heavy (non-hydrogen) atoms. The summed E-state index contributed by atoms with van der Waals surface area (Å²) in [6, 6.07) is 11.4. The first kappa shape index (κ1) is 17.5. The third-order valence-electron chi connectivity index (χ3n) is 3.47. The summed E-state index contributed by atoms with van der Waals surface area (Å²) in [7, 11) is 2.80. The Labute approximate surface area is 139 Å². The molecule has 0 radical (unpaired) electrons. The maximum atomic E-state index is 12.9. The van der Waals surface area contributed by atoms with Crippen LogP contribution < -0.4 is 10.1 Å². The van der Waals surface area contributed by atoms with Crippen molar-refractivity contribution in [3.63, 3.8) is 0 Å². The highest BCUT2D eigenvalue weighted by molar-refractivity contribution is 5.96. The third kappa shape index (κ3) is 4.55. The molecule has 6 heteroatoms. The molecule has 2 aromatic rings. The fourth-order valence-corrected chi connectivity index (χ4v) is 2.21. The zero-order chi connectivity index (χ0) is 17.5. The summed E-state index contributed by atoms with van der Waals surface area (Å²) < 4.78 is 22.8. The van der Waals surface area contributed by atoms with Crippen LogP contribution in [0.4, 0.5) is 4.39 Å². The summed E-state index contributed by atoms with van der Waals surface area (Å²) in [4.78, 5) is 24.2. The Morgan fingerprint density at radius 1 is 1.12 bits per heavy atom. The lowest BCUT2D eigenvalue weighted by Crippen LogP contribution is -2.43. The number of hydrogen-bond donors (Lipinski definition) is 1. The van der Waals surface area contributed by atoms with Crippen LogP contribution in [0.2, 0.25) is 0 Å². The van der Waals surface area contributed by atoms with E-state index >= 15 is 0 Å². The number of nitrogens with one attached hydrogen (secondary N) is 1. The normalized spacial score (nSPS) is 11.5. The molecule has 0 heterocycles. The minimum Gasteiger partial charge on any atom is -0.497 e. The topological polar surface area (TPSA) is 64.6 Å². The van der Waals surface area contributed by atoms with Gasteiger partial charge >= 0.3 is 5.97 Å². The maximum absolute atomic E-state index is 12.9. The first-order valence-electron chi connectivity index (χ1n) is 7.30. The first-order valence-corrected chi connectivity index (χ1v) is 7.30. The molecule has 5 nitrogen and oxygen atoms in total. The SMILES string of the molecule is COC(=O)[C@H](Cc1cccc(OC)c1)NC(=O)c1ccc(F)cc1. The molecule has 2 rings (SSSR count). The first-order chi connectivity index (χ1) is 11.5. The monoisotopic (exact) mass is 331 g/mol. The van der Waals surface area contributed by atoms with Crippen molar-refractivity contribution in [2.24, 2.45) is 0 Å². The van der Waals surface area contributed by atoms with E-state index in [2.05, 4.69) is 5.32 Å².